The third kappa shape index (κ3) is 4.99. The minimum Gasteiger partial charge on any atom is -0.465 e. The molecule has 1 aliphatic heterocycles. The van der Waals surface area contributed by atoms with E-state index in [1.165, 1.54) is 12.0 Å². The smallest absolute Gasteiger partial charge is 0.199 e. The lowest BCUT2D eigenvalue weighted by Gasteiger charge is -2.32. The monoisotopic (exact) mass is 305 g/mol. The van der Waals surface area contributed by atoms with Gasteiger partial charge < -0.3 is 15.2 Å². The Morgan fingerprint density at radius 2 is 1.91 bits per heavy atom. The van der Waals surface area contributed by atoms with Gasteiger partial charge in [-0.2, -0.15) is 0 Å². The molecule has 0 radical (unpaired) electrons. The van der Waals surface area contributed by atoms with Crippen LogP contribution in [0.5, 0.6) is 5.75 Å². The Labute approximate surface area is 135 Å². The molecule has 0 saturated carbocycles. The lowest BCUT2D eigenvalue weighted by Crippen LogP contribution is -2.39. The number of ether oxygens (including phenoxy) is 2. The van der Waals surface area contributed by atoms with E-state index in [1.807, 2.05) is 12.1 Å². The summed E-state index contributed by atoms with van der Waals surface area (Å²) in [6.45, 7) is 9.52. The maximum Gasteiger partial charge on any atom is 0.199 e. The van der Waals surface area contributed by atoms with Gasteiger partial charge in [-0.25, -0.2) is 0 Å². The Bertz CT molecular complexity index is 441. The van der Waals surface area contributed by atoms with Gasteiger partial charge in [0.15, 0.2) is 6.29 Å². The summed E-state index contributed by atoms with van der Waals surface area (Å²) in [5.74, 6) is 1.86. The maximum atomic E-state index is 6.40. The highest BCUT2D eigenvalue weighted by molar-refractivity contribution is 5.31. The molecule has 2 rings (SSSR count). The first-order valence-electron chi connectivity index (χ1n) is 8.53. The summed E-state index contributed by atoms with van der Waals surface area (Å²) in [5, 5.41) is 0. The van der Waals surface area contributed by atoms with Gasteiger partial charge in [-0.15, -0.1) is 0 Å². The molecule has 0 bridgehead atoms. The van der Waals surface area contributed by atoms with Crippen LogP contribution in [-0.2, 0) is 4.74 Å². The predicted molar refractivity (Wildman–Crippen MR) is 91.1 cm³/mol. The van der Waals surface area contributed by atoms with E-state index < -0.39 is 0 Å². The van der Waals surface area contributed by atoms with Crippen molar-refractivity contribution in [3.8, 4) is 5.75 Å². The van der Waals surface area contributed by atoms with Gasteiger partial charge in [-0.3, -0.25) is 0 Å². The summed E-state index contributed by atoms with van der Waals surface area (Å²) >= 11 is 0. The van der Waals surface area contributed by atoms with Crippen molar-refractivity contribution < 1.29 is 9.47 Å². The molecule has 1 fully saturated rings. The van der Waals surface area contributed by atoms with Gasteiger partial charge in [-0.05, 0) is 56.7 Å². The highest BCUT2D eigenvalue weighted by Gasteiger charge is 2.27. The molecule has 22 heavy (non-hydrogen) atoms. The molecule has 2 N–H and O–H groups in total. The van der Waals surface area contributed by atoms with E-state index in [0.717, 1.165) is 31.6 Å². The fraction of sp³-hybridized carbons (Fsp3) is 0.684. The van der Waals surface area contributed by atoms with Crippen LogP contribution in [0.15, 0.2) is 24.3 Å². The van der Waals surface area contributed by atoms with Crippen molar-refractivity contribution in [2.75, 3.05) is 6.61 Å². The van der Waals surface area contributed by atoms with E-state index in [-0.39, 0.29) is 11.8 Å². The van der Waals surface area contributed by atoms with Crippen LogP contribution in [0.4, 0.5) is 0 Å². The average Bonchev–Trinajstić information content (AvgIpc) is 2.46. The van der Waals surface area contributed by atoms with Gasteiger partial charge in [-0.1, -0.05) is 26.0 Å². The standard InChI is InChI=1S/C19H31NO2/c1-14(2)13-17(19(3,4)20)15-8-10-16(11-9-15)22-18-7-5-6-12-21-18/h8-11,14,17-18H,5-7,12-13,20H2,1-4H3. The van der Waals surface area contributed by atoms with Crippen molar-refractivity contribution in [3.63, 3.8) is 0 Å². The van der Waals surface area contributed by atoms with E-state index >= 15 is 0 Å². The lowest BCUT2D eigenvalue weighted by molar-refractivity contribution is -0.105. The van der Waals surface area contributed by atoms with Crippen LogP contribution >= 0.6 is 0 Å². The first-order valence-corrected chi connectivity index (χ1v) is 8.53. The van der Waals surface area contributed by atoms with Crippen molar-refractivity contribution in [2.45, 2.75) is 71.1 Å². The highest BCUT2D eigenvalue weighted by Crippen LogP contribution is 2.33. The first kappa shape index (κ1) is 17.3. The summed E-state index contributed by atoms with van der Waals surface area (Å²) < 4.78 is 11.5. The minimum atomic E-state index is -0.223. The Hall–Kier alpha value is -1.06. The van der Waals surface area contributed by atoms with E-state index in [0.29, 0.717) is 11.8 Å². The quantitative estimate of drug-likeness (QED) is 0.844. The highest BCUT2D eigenvalue weighted by atomic mass is 16.7. The number of benzene rings is 1. The molecule has 1 saturated heterocycles. The minimum absolute atomic E-state index is 0.0861. The van der Waals surface area contributed by atoms with Crippen LogP contribution in [-0.4, -0.2) is 18.4 Å². The van der Waals surface area contributed by atoms with Crippen molar-refractivity contribution in [2.24, 2.45) is 11.7 Å². The summed E-state index contributed by atoms with van der Waals surface area (Å²) in [4.78, 5) is 0. The van der Waals surface area contributed by atoms with E-state index in [2.05, 4.69) is 39.8 Å². The molecule has 1 heterocycles. The largest absolute Gasteiger partial charge is 0.465 e. The molecule has 0 aromatic heterocycles. The molecule has 1 aromatic carbocycles. The zero-order chi connectivity index (χ0) is 16.2. The average molecular weight is 305 g/mol. The third-order valence-electron chi connectivity index (χ3n) is 4.29. The molecule has 3 nitrogen and oxygen atoms in total. The van der Waals surface area contributed by atoms with Gasteiger partial charge in [0.25, 0.3) is 0 Å². The fourth-order valence-electron chi connectivity index (χ4n) is 3.08. The molecule has 1 aromatic rings. The maximum absolute atomic E-state index is 6.40. The zero-order valence-electron chi connectivity index (χ0n) is 14.5. The van der Waals surface area contributed by atoms with Gasteiger partial charge in [0, 0.05) is 17.9 Å². The van der Waals surface area contributed by atoms with Crippen molar-refractivity contribution in [1.29, 1.82) is 0 Å². The van der Waals surface area contributed by atoms with Gasteiger partial charge in [0.05, 0.1) is 6.61 Å². The second-order valence-corrected chi connectivity index (χ2v) is 7.49. The van der Waals surface area contributed by atoms with Gasteiger partial charge in [0.2, 0.25) is 0 Å². The molecule has 2 unspecified atom stereocenters. The number of hydrogen-bond donors (Lipinski definition) is 1. The van der Waals surface area contributed by atoms with Crippen LogP contribution < -0.4 is 10.5 Å². The lowest BCUT2D eigenvalue weighted by atomic mass is 9.77. The van der Waals surface area contributed by atoms with Crippen molar-refractivity contribution >= 4 is 0 Å². The van der Waals surface area contributed by atoms with E-state index in [9.17, 15) is 0 Å². The summed E-state index contributed by atoms with van der Waals surface area (Å²) in [7, 11) is 0. The normalized spacial score (nSPS) is 20.9. The van der Waals surface area contributed by atoms with Crippen LogP contribution in [0, 0.1) is 5.92 Å². The molecule has 1 aliphatic rings. The summed E-state index contributed by atoms with van der Waals surface area (Å²) in [6, 6.07) is 8.40. The van der Waals surface area contributed by atoms with Crippen molar-refractivity contribution in [3.05, 3.63) is 29.8 Å². The zero-order valence-corrected chi connectivity index (χ0v) is 14.5. The van der Waals surface area contributed by atoms with Gasteiger partial charge in [0.1, 0.15) is 5.75 Å². The molecule has 2 atom stereocenters. The number of hydrogen-bond acceptors (Lipinski definition) is 3. The van der Waals surface area contributed by atoms with E-state index in [1.54, 1.807) is 0 Å². The second kappa shape index (κ2) is 7.47. The molecule has 3 heteroatoms. The molecular weight excluding hydrogens is 274 g/mol. The first-order chi connectivity index (χ1) is 10.4. The van der Waals surface area contributed by atoms with Crippen LogP contribution in [0.1, 0.15) is 64.9 Å². The Morgan fingerprint density at radius 1 is 1.23 bits per heavy atom. The molecule has 0 spiro atoms. The fourth-order valence-corrected chi connectivity index (χ4v) is 3.08. The van der Waals surface area contributed by atoms with Crippen molar-refractivity contribution in [1.82, 2.24) is 0 Å². The van der Waals surface area contributed by atoms with Crippen LogP contribution in [0.2, 0.25) is 0 Å². The number of nitrogens with two attached hydrogens (primary N) is 1. The predicted octanol–water partition coefficient (Wildman–Crippen LogP) is 4.46. The number of rotatable bonds is 6. The molecule has 124 valence electrons. The third-order valence-corrected chi connectivity index (χ3v) is 4.29. The summed E-state index contributed by atoms with van der Waals surface area (Å²) in [5.41, 5.74) is 7.46. The van der Waals surface area contributed by atoms with Crippen LogP contribution in [0.25, 0.3) is 0 Å². The Kier molecular flexibility index (Phi) is 5.87. The van der Waals surface area contributed by atoms with E-state index in [4.69, 9.17) is 15.2 Å². The Morgan fingerprint density at radius 3 is 2.41 bits per heavy atom. The SMILES string of the molecule is CC(C)CC(c1ccc(OC2CCCCO2)cc1)C(C)(C)N. The second-order valence-electron chi connectivity index (χ2n) is 7.49. The topological polar surface area (TPSA) is 44.5 Å². The molecule has 0 aliphatic carbocycles. The van der Waals surface area contributed by atoms with Gasteiger partial charge >= 0.3 is 0 Å². The summed E-state index contributed by atoms with van der Waals surface area (Å²) in [6.07, 6.45) is 4.31. The Balaban J connectivity index is 2.05. The van der Waals surface area contributed by atoms with Crippen LogP contribution in [0.3, 0.4) is 0 Å². The molecular formula is C19H31NO2. The molecule has 0 amide bonds.